The first kappa shape index (κ1) is 22.1. The minimum Gasteiger partial charge on any atom is -0.376 e. The van der Waals surface area contributed by atoms with Gasteiger partial charge in [0.2, 0.25) is 11.8 Å². The smallest absolute Gasteiger partial charge is 0.256 e. The lowest BCUT2D eigenvalue weighted by Gasteiger charge is -2.32. The second-order valence-corrected chi connectivity index (χ2v) is 11.1. The summed E-state index contributed by atoms with van der Waals surface area (Å²) in [5, 5.41) is 5.70. The number of nitrogens with one attached hydrogen (secondary N) is 2. The zero-order chi connectivity index (χ0) is 22.3. The standard InChI is InChI=1S/C23H31N3O4S/c1-13(2)17(19(27)24-12-14-8-7-11-30-14)25-20(28)18-23(3,4)31-22-16-10-6-5-9-15(16)21(29)26(18)22/h5-6,9-10,13-14,17-18,22H,7-8,11-12H2,1-4H3,(H,24,27)(H,25,28)/t14-,17+,18-,22+/m1/s1. The van der Waals surface area contributed by atoms with Crippen molar-refractivity contribution < 1.29 is 19.1 Å². The van der Waals surface area contributed by atoms with Gasteiger partial charge in [-0.15, -0.1) is 11.8 Å². The van der Waals surface area contributed by atoms with E-state index in [1.54, 1.807) is 16.7 Å². The molecule has 4 rings (SSSR count). The van der Waals surface area contributed by atoms with Gasteiger partial charge in [0.1, 0.15) is 17.5 Å². The Morgan fingerprint density at radius 3 is 2.71 bits per heavy atom. The minimum absolute atomic E-state index is 0.0408. The van der Waals surface area contributed by atoms with E-state index >= 15 is 0 Å². The van der Waals surface area contributed by atoms with Crippen molar-refractivity contribution in [2.24, 2.45) is 5.92 Å². The average Bonchev–Trinajstić information content (AvgIpc) is 3.40. The molecule has 0 radical (unpaired) electrons. The topological polar surface area (TPSA) is 87.7 Å². The maximum atomic E-state index is 13.5. The molecule has 3 amide bonds. The number of thioether (sulfide) groups is 1. The molecule has 0 unspecified atom stereocenters. The molecule has 7 nitrogen and oxygen atoms in total. The highest BCUT2D eigenvalue weighted by atomic mass is 32.2. The van der Waals surface area contributed by atoms with Crippen LogP contribution in [0.25, 0.3) is 0 Å². The van der Waals surface area contributed by atoms with Crippen molar-refractivity contribution in [3.8, 4) is 0 Å². The Hall–Kier alpha value is -2.06. The summed E-state index contributed by atoms with van der Waals surface area (Å²) in [5.74, 6) is -0.711. The molecule has 4 atom stereocenters. The first-order valence-corrected chi connectivity index (χ1v) is 11.9. The van der Waals surface area contributed by atoms with E-state index in [0.29, 0.717) is 12.1 Å². The Morgan fingerprint density at radius 1 is 1.29 bits per heavy atom. The predicted molar refractivity (Wildman–Crippen MR) is 120 cm³/mol. The number of amides is 3. The Labute approximate surface area is 187 Å². The highest BCUT2D eigenvalue weighted by Crippen LogP contribution is 2.56. The lowest BCUT2D eigenvalue weighted by molar-refractivity contribution is -0.133. The maximum Gasteiger partial charge on any atom is 0.256 e. The molecule has 0 aromatic heterocycles. The molecule has 0 aliphatic carbocycles. The summed E-state index contributed by atoms with van der Waals surface area (Å²) >= 11 is 1.62. The number of benzene rings is 1. The first-order valence-electron chi connectivity index (χ1n) is 11.0. The fourth-order valence-corrected chi connectivity index (χ4v) is 6.29. The molecule has 3 aliphatic rings. The normalized spacial score (nSPS) is 27.2. The summed E-state index contributed by atoms with van der Waals surface area (Å²) in [6.07, 6.45) is 1.98. The van der Waals surface area contributed by atoms with Gasteiger partial charge in [-0.1, -0.05) is 32.0 Å². The van der Waals surface area contributed by atoms with Crippen LogP contribution in [0.4, 0.5) is 0 Å². The second-order valence-electron chi connectivity index (χ2n) is 9.39. The molecule has 3 aliphatic heterocycles. The van der Waals surface area contributed by atoms with Crippen molar-refractivity contribution in [2.75, 3.05) is 13.2 Å². The number of ether oxygens (including phenoxy) is 1. The van der Waals surface area contributed by atoms with Crippen molar-refractivity contribution in [1.29, 1.82) is 0 Å². The molecule has 1 aromatic rings. The zero-order valence-corrected chi connectivity index (χ0v) is 19.3. The molecule has 168 valence electrons. The lowest BCUT2D eigenvalue weighted by atomic mass is 9.98. The van der Waals surface area contributed by atoms with Gasteiger partial charge in [-0.3, -0.25) is 14.4 Å². The number of nitrogens with zero attached hydrogens (tertiary/aromatic N) is 1. The molecule has 3 heterocycles. The molecule has 8 heteroatoms. The Morgan fingerprint density at radius 2 is 2.03 bits per heavy atom. The lowest BCUT2D eigenvalue weighted by Crippen LogP contribution is -2.58. The highest BCUT2D eigenvalue weighted by Gasteiger charge is 2.57. The van der Waals surface area contributed by atoms with E-state index in [9.17, 15) is 14.4 Å². The number of hydrogen-bond donors (Lipinski definition) is 2. The summed E-state index contributed by atoms with van der Waals surface area (Å²) in [7, 11) is 0. The molecule has 31 heavy (non-hydrogen) atoms. The van der Waals surface area contributed by atoms with Crippen LogP contribution in [0, 0.1) is 5.92 Å². The van der Waals surface area contributed by atoms with Gasteiger partial charge in [-0.2, -0.15) is 0 Å². The van der Waals surface area contributed by atoms with Gasteiger partial charge < -0.3 is 20.3 Å². The van der Waals surface area contributed by atoms with E-state index in [-0.39, 0.29) is 35.1 Å². The van der Waals surface area contributed by atoms with Crippen LogP contribution in [0.5, 0.6) is 0 Å². The minimum atomic E-state index is -0.672. The quantitative estimate of drug-likeness (QED) is 0.702. The van der Waals surface area contributed by atoms with Crippen LogP contribution in [0.2, 0.25) is 0 Å². The monoisotopic (exact) mass is 445 g/mol. The maximum absolute atomic E-state index is 13.5. The van der Waals surface area contributed by atoms with E-state index in [0.717, 1.165) is 25.0 Å². The van der Waals surface area contributed by atoms with E-state index in [2.05, 4.69) is 10.6 Å². The summed E-state index contributed by atoms with van der Waals surface area (Å²) in [6, 6.07) is 6.20. The predicted octanol–water partition coefficient (Wildman–Crippen LogP) is 2.47. The van der Waals surface area contributed by atoms with Crippen molar-refractivity contribution >= 4 is 29.5 Å². The summed E-state index contributed by atoms with van der Waals surface area (Å²) in [4.78, 5) is 41.1. The van der Waals surface area contributed by atoms with Crippen molar-refractivity contribution in [1.82, 2.24) is 15.5 Å². The Bertz CT molecular complexity index is 881. The number of hydrogen-bond acceptors (Lipinski definition) is 5. The Kier molecular flexibility index (Phi) is 6.05. The molecule has 0 saturated carbocycles. The molecule has 2 saturated heterocycles. The molecule has 0 spiro atoms. The van der Waals surface area contributed by atoms with Crippen molar-refractivity contribution in [3.05, 3.63) is 35.4 Å². The van der Waals surface area contributed by atoms with Crippen LogP contribution in [-0.2, 0) is 14.3 Å². The number of fused-ring (bicyclic) bond motifs is 3. The van der Waals surface area contributed by atoms with Gasteiger partial charge in [0.05, 0.1) is 6.10 Å². The van der Waals surface area contributed by atoms with Gasteiger partial charge in [-0.25, -0.2) is 0 Å². The molecule has 1 aromatic carbocycles. The van der Waals surface area contributed by atoms with Crippen LogP contribution in [-0.4, -0.2) is 58.7 Å². The highest BCUT2D eigenvalue weighted by molar-refractivity contribution is 8.01. The van der Waals surface area contributed by atoms with Crippen LogP contribution in [0.1, 0.15) is 61.8 Å². The third kappa shape index (κ3) is 4.07. The van der Waals surface area contributed by atoms with Gasteiger partial charge >= 0.3 is 0 Å². The fraction of sp³-hybridized carbons (Fsp3) is 0.609. The third-order valence-corrected chi connectivity index (χ3v) is 7.85. The van der Waals surface area contributed by atoms with E-state index in [1.165, 1.54) is 0 Å². The van der Waals surface area contributed by atoms with Crippen LogP contribution >= 0.6 is 11.8 Å². The number of carbonyl (C=O) groups is 3. The largest absolute Gasteiger partial charge is 0.376 e. The third-order valence-electron chi connectivity index (χ3n) is 6.32. The van der Waals surface area contributed by atoms with Crippen LogP contribution < -0.4 is 10.6 Å². The van der Waals surface area contributed by atoms with E-state index in [1.807, 2.05) is 52.0 Å². The first-order chi connectivity index (χ1) is 14.7. The molecular weight excluding hydrogens is 414 g/mol. The Balaban J connectivity index is 1.49. The summed E-state index contributed by atoms with van der Waals surface area (Å²) in [6.45, 7) is 8.96. The average molecular weight is 446 g/mol. The van der Waals surface area contributed by atoms with Gasteiger partial charge in [-0.05, 0) is 44.2 Å². The SMILES string of the molecule is CC(C)[C@H](NC(=O)[C@H]1N2C(=O)c3ccccc3[C@@H]2SC1(C)C)C(=O)NC[C@H]1CCCO1. The number of rotatable bonds is 6. The summed E-state index contributed by atoms with van der Waals surface area (Å²) < 4.78 is 5.10. The van der Waals surface area contributed by atoms with E-state index in [4.69, 9.17) is 4.74 Å². The zero-order valence-electron chi connectivity index (χ0n) is 18.5. The van der Waals surface area contributed by atoms with Crippen LogP contribution in [0.15, 0.2) is 24.3 Å². The molecule has 2 fully saturated rings. The van der Waals surface area contributed by atoms with Crippen molar-refractivity contribution in [2.45, 2.75) is 68.8 Å². The van der Waals surface area contributed by atoms with Crippen LogP contribution in [0.3, 0.4) is 0 Å². The van der Waals surface area contributed by atoms with Gasteiger partial charge in [0.15, 0.2) is 0 Å². The van der Waals surface area contributed by atoms with Crippen molar-refractivity contribution in [3.63, 3.8) is 0 Å². The fourth-order valence-electron chi connectivity index (χ4n) is 4.70. The van der Waals surface area contributed by atoms with Gasteiger partial charge in [0.25, 0.3) is 5.91 Å². The molecular formula is C23H31N3O4S. The molecule has 0 bridgehead atoms. The number of carbonyl (C=O) groups excluding carboxylic acids is 3. The van der Waals surface area contributed by atoms with E-state index < -0.39 is 16.8 Å². The molecule has 2 N–H and O–H groups in total. The van der Waals surface area contributed by atoms with Gasteiger partial charge in [0, 0.05) is 23.5 Å². The second kappa shape index (κ2) is 8.47. The summed E-state index contributed by atoms with van der Waals surface area (Å²) in [5.41, 5.74) is 1.61.